The first-order valence-electron chi connectivity index (χ1n) is 5.64. The number of nitrogens with zero attached hydrogens (tertiary/aromatic N) is 1. The summed E-state index contributed by atoms with van der Waals surface area (Å²) in [7, 11) is 0. The zero-order valence-electron chi connectivity index (χ0n) is 10.3. The van der Waals surface area contributed by atoms with Crippen molar-refractivity contribution in [3.05, 3.63) is 57.8 Å². The quantitative estimate of drug-likeness (QED) is 0.746. The summed E-state index contributed by atoms with van der Waals surface area (Å²) in [5, 5.41) is 11.6. The molecule has 7 heteroatoms. The van der Waals surface area contributed by atoms with Gasteiger partial charge in [0.15, 0.2) is 0 Å². The maximum Gasteiger partial charge on any atom is 0.416 e. The molecule has 0 amide bonds. The van der Waals surface area contributed by atoms with E-state index in [1.165, 1.54) is 12.1 Å². The number of nitriles is 1. The van der Waals surface area contributed by atoms with Gasteiger partial charge in [-0.05, 0) is 52.3 Å². The van der Waals surface area contributed by atoms with Crippen molar-refractivity contribution in [2.75, 3.05) is 5.32 Å². The highest BCUT2D eigenvalue weighted by Crippen LogP contribution is 2.35. The van der Waals surface area contributed by atoms with E-state index in [0.717, 1.165) is 24.3 Å². The van der Waals surface area contributed by atoms with Crippen molar-refractivity contribution in [3.8, 4) is 6.07 Å². The number of rotatable bonds is 2. The molecule has 0 aliphatic carbocycles. The Labute approximate surface area is 126 Å². The van der Waals surface area contributed by atoms with Gasteiger partial charge in [-0.1, -0.05) is 0 Å². The molecule has 0 atom stereocenters. The summed E-state index contributed by atoms with van der Waals surface area (Å²) < 4.78 is 51.5. The average Bonchev–Trinajstić information content (AvgIpc) is 2.41. The summed E-state index contributed by atoms with van der Waals surface area (Å²) in [6, 6.07) is 8.29. The van der Waals surface area contributed by atoms with Gasteiger partial charge in [-0.3, -0.25) is 0 Å². The summed E-state index contributed by atoms with van der Waals surface area (Å²) in [5.74, 6) is -0.597. The lowest BCUT2D eigenvalue weighted by atomic mass is 10.1. The number of alkyl halides is 3. The van der Waals surface area contributed by atoms with Gasteiger partial charge in [-0.2, -0.15) is 18.4 Å². The third-order valence-corrected chi connectivity index (χ3v) is 3.36. The Balaban J connectivity index is 2.43. The summed E-state index contributed by atoms with van der Waals surface area (Å²) in [6.45, 7) is 0. The van der Waals surface area contributed by atoms with E-state index in [9.17, 15) is 17.6 Å². The molecule has 0 fully saturated rings. The SMILES string of the molecule is N#Cc1cc(F)ccc1Nc1cc(C(F)(F)F)ccc1Br. The first kappa shape index (κ1) is 15.3. The van der Waals surface area contributed by atoms with Crippen molar-refractivity contribution in [1.82, 2.24) is 0 Å². The minimum Gasteiger partial charge on any atom is -0.354 e. The number of anilines is 2. The molecule has 0 aromatic heterocycles. The molecule has 1 N–H and O–H groups in total. The minimum absolute atomic E-state index is 0.000637. The van der Waals surface area contributed by atoms with Crippen molar-refractivity contribution in [1.29, 1.82) is 5.26 Å². The van der Waals surface area contributed by atoms with Crippen LogP contribution in [-0.2, 0) is 6.18 Å². The smallest absolute Gasteiger partial charge is 0.354 e. The second-order valence-electron chi connectivity index (χ2n) is 4.12. The Kier molecular flexibility index (Phi) is 4.19. The molecule has 0 aliphatic heterocycles. The predicted octanol–water partition coefficient (Wildman–Crippen LogP) is 5.22. The van der Waals surface area contributed by atoms with E-state index in [0.29, 0.717) is 4.47 Å². The maximum atomic E-state index is 13.0. The molecular formula is C14H7BrF4N2. The molecule has 108 valence electrons. The third-order valence-electron chi connectivity index (χ3n) is 2.67. The summed E-state index contributed by atoms with van der Waals surface area (Å²) in [4.78, 5) is 0. The van der Waals surface area contributed by atoms with Crippen LogP contribution in [0.1, 0.15) is 11.1 Å². The molecular weight excluding hydrogens is 352 g/mol. The third kappa shape index (κ3) is 3.52. The molecule has 0 aliphatic rings. The lowest BCUT2D eigenvalue weighted by molar-refractivity contribution is -0.137. The highest BCUT2D eigenvalue weighted by atomic mass is 79.9. The minimum atomic E-state index is -4.47. The van der Waals surface area contributed by atoms with Gasteiger partial charge < -0.3 is 5.32 Å². The van der Waals surface area contributed by atoms with Crippen LogP contribution in [0.2, 0.25) is 0 Å². The topological polar surface area (TPSA) is 35.8 Å². The lowest BCUT2D eigenvalue weighted by Gasteiger charge is -2.13. The van der Waals surface area contributed by atoms with E-state index in [2.05, 4.69) is 21.2 Å². The van der Waals surface area contributed by atoms with Gasteiger partial charge in [0.05, 0.1) is 22.5 Å². The van der Waals surface area contributed by atoms with E-state index in [-0.39, 0.29) is 16.9 Å². The molecule has 0 heterocycles. The normalized spacial score (nSPS) is 11.0. The number of nitrogens with one attached hydrogen (secondary N) is 1. The fraction of sp³-hybridized carbons (Fsp3) is 0.0714. The number of hydrogen-bond donors (Lipinski definition) is 1. The molecule has 0 saturated carbocycles. The van der Waals surface area contributed by atoms with Gasteiger partial charge in [0, 0.05) is 4.47 Å². The average molecular weight is 359 g/mol. The van der Waals surface area contributed by atoms with Crippen molar-refractivity contribution >= 4 is 27.3 Å². The fourth-order valence-corrected chi connectivity index (χ4v) is 2.01. The molecule has 2 rings (SSSR count). The molecule has 2 nitrogen and oxygen atoms in total. The molecule has 0 spiro atoms. The summed E-state index contributed by atoms with van der Waals surface area (Å²) >= 11 is 3.13. The molecule has 2 aromatic rings. The van der Waals surface area contributed by atoms with Crippen LogP contribution < -0.4 is 5.32 Å². The Bertz CT molecular complexity index is 720. The first-order valence-corrected chi connectivity index (χ1v) is 6.44. The predicted molar refractivity (Wildman–Crippen MR) is 73.5 cm³/mol. The number of hydrogen-bond acceptors (Lipinski definition) is 2. The molecule has 21 heavy (non-hydrogen) atoms. The van der Waals surface area contributed by atoms with Crippen LogP contribution in [0.25, 0.3) is 0 Å². The summed E-state index contributed by atoms with van der Waals surface area (Å²) in [5.41, 5.74) is -0.472. The van der Waals surface area contributed by atoms with Crippen LogP contribution in [0.3, 0.4) is 0 Å². The Morgan fingerprint density at radius 2 is 1.76 bits per heavy atom. The van der Waals surface area contributed by atoms with Gasteiger partial charge in [-0.15, -0.1) is 0 Å². The van der Waals surface area contributed by atoms with Crippen LogP contribution in [0.4, 0.5) is 28.9 Å². The highest BCUT2D eigenvalue weighted by Gasteiger charge is 2.31. The lowest BCUT2D eigenvalue weighted by Crippen LogP contribution is -2.06. The van der Waals surface area contributed by atoms with Crippen LogP contribution in [0, 0.1) is 17.1 Å². The Hall–Kier alpha value is -2.07. The van der Waals surface area contributed by atoms with Crippen molar-refractivity contribution < 1.29 is 17.6 Å². The van der Waals surface area contributed by atoms with Gasteiger partial charge >= 0.3 is 6.18 Å². The molecule has 0 bridgehead atoms. The van der Waals surface area contributed by atoms with E-state index < -0.39 is 17.6 Å². The largest absolute Gasteiger partial charge is 0.416 e. The zero-order chi connectivity index (χ0) is 15.6. The molecule has 2 aromatic carbocycles. The van der Waals surface area contributed by atoms with Crippen LogP contribution in [-0.4, -0.2) is 0 Å². The molecule has 0 radical (unpaired) electrons. The molecule has 0 unspecified atom stereocenters. The van der Waals surface area contributed by atoms with Gasteiger partial charge in [-0.25, -0.2) is 4.39 Å². The monoisotopic (exact) mass is 358 g/mol. The number of benzene rings is 2. The zero-order valence-corrected chi connectivity index (χ0v) is 11.9. The van der Waals surface area contributed by atoms with Crippen molar-refractivity contribution in [3.63, 3.8) is 0 Å². The summed E-state index contributed by atoms with van der Waals surface area (Å²) in [6.07, 6.45) is -4.47. The van der Waals surface area contributed by atoms with E-state index >= 15 is 0 Å². The second-order valence-corrected chi connectivity index (χ2v) is 4.97. The van der Waals surface area contributed by atoms with Crippen LogP contribution >= 0.6 is 15.9 Å². The van der Waals surface area contributed by atoms with Crippen LogP contribution in [0.15, 0.2) is 40.9 Å². The Morgan fingerprint density at radius 1 is 1.05 bits per heavy atom. The number of halogens is 5. The van der Waals surface area contributed by atoms with Crippen LogP contribution in [0.5, 0.6) is 0 Å². The second kappa shape index (κ2) is 5.74. The van der Waals surface area contributed by atoms with Crippen molar-refractivity contribution in [2.24, 2.45) is 0 Å². The van der Waals surface area contributed by atoms with E-state index in [4.69, 9.17) is 5.26 Å². The van der Waals surface area contributed by atoms with Gasteiger partial charge in [0.1, 0.15) is 11.9 Å². The van der Waals surface area contributed by atoms with Gasteiger partial charge in [0.25, 0.3) is 0 Å². The standard InChI is InChI=1S/C14H7BrF4N2/c15-11-3-1-9(14(17,18)19)6-13(11)21-12-4-2-10(16)5-8(12)7-20/h1-6,21H. The Morgan fingerprint density at radius 3 is 2.38 bits per heavy atom. The highest BCUT2D eigenvalue weighted by molar-refractivity contribution is 9.10. The molecule has 0 saturated heterocycles. The first-order chi connectivity index (χ1) is 9.81. The van der Waals surface area contributed by atoms with Crippen molar-refractivity contribution in [2.45, 2.75) is 6.18 Å². The maximum absolute atomic E-state index is 13.0. The van der Waals surface area contributed by atoms with E-state index in [1.807, 2.05) is 0 Å². The van der Waals surface area contributed by atoms with Gasteiger partial charge in [0.2, 0.25) is 0 Å². The van der Waals surface area contributed by atoms with E-state index in [1.54, 1.807) is 6.07 Å². The fourth-order valence-electron chi connectivity index (χ4n) is 1.66.